The molecule has 0 bridgehead atoms. The fraction of sp³-hybridized carbons (Fsp3) is 0.400. The van der Waals surface area contributed by atoms with Crippen molar-refractivity contribution in [1.29, 1.82) is 0 Å². The van der Waals surface area contributed by atoms with Crippen molar-refractivity contribution in [3.63, 3.8) is 0 Å². The zero-order valence-electron chi connectivity index (χ0n) is 13.1. The van der Waals surface area contributed by atoms with Crippen LogP contribution in [-0.2, 0) is 4.84 Å². The third-order valence-electron chi connectivity index (χ3n) is 2.83. The van der Waals surface area contributed by atoms with Crippen LogP contribution in [0.1, 0.15) is 26.7 Å². The van der Waals surface area contributed by atoms with Gasteiger partial charge in [-0.3, -0.25) is 0 Å². The lowest BCUT2D eigenvalue weighted by Crippen LogP contribution is -2.16. The van der Waals surface area contributed by atoms with E-state index >= 15 is 0 Å². The predicted octanol–water partition coefficient (Wildman–Crippen LogP) is 1.91. The fourth-order valence-corrected chi connectivity index (χ4v) is 1.47. The van der Waals surface area contributed by atoms with Crippen LogP contribution in [0.15, 0.2) is 51.7 Å². The van der Waals surface area contributed by atoms with E-state index in [-0.39, 0.29) is 11.9 Å². The van der Waals surface area contributed by atoms with Crippen molar-refractivity contribution in [2.24, 2.45) is 32.6 Å². The zero-order chi connectivity index (χ0) is 16.5. The van der Waals surface area contributed by atoms with Crippen LogP contribution in [0.2, 0.25) is 0 Å². The maximum absolute atomic E-state index is 5.84. The van der Waals surface area contributed by atoms with E-state index in [0.29, 0.717) is 11.7 Å². The normalized spacial score (nSPS) is 17.7. The Labute approximate surface area is 131 Å². The third kappa shape index (κ3) is 6.25. The molecular weight excluding hydrogens is 280 g/mol. The number of nitrogens with zero attached hydrogens (tertiary/aromatic N) is 4. The van der Waals surface area contributed by atoms with E-state index in [4.69, 9.17) is 16.3 Å². The van der Waals surface area contributed by atoms with Gasteiger partial charge in [0.05, 0.1) is 6.21 Å². The topological polar surface area (TPSA) is 102 Å². The van der Waals surface area contributed by atoms with Gasteiger partial charge in [0.25, 0.3) is 0 Å². The van der Waals surface area contributed by atoms with Crippen molar-refractivity contribution in [2.45, 2.75) is 32.8 Å². The summed E-state index contributed by atoms with van der Waals surface area (Å²) >= 11 is 0. The van der Waals surface area contributed by atoms with Gasteiger partial charge in [0.1, 0.15) is 5.82 Å². The molecule has 0 saturated heterocycles. The van der Waals surface area contributed by atoms with Crippen molar-refractivity contribution >= 4 is 18.8 Å². The summed E-state index contributed by atoms with van der Waals surface area (Å²) in [5.74, 6) is 1.09. The van der Waals surface area contributed by atoms with E-state index in [2.05, 4.69) is 28.5 Å². The summed E-state index contributed by atoms with van der Waals surface area (Å²) in [7, 11) is 0. The largest absolute Gasteiger partial charge is 0.402 e. The molecule has 0 aliphatic heterocycles. The van der Waals surface area contributed by atoms with Crippen LogP contribution in [0.3, 0.4) is 0 Å². The standard InChI is InChI=1S/C15H24N6O/c1-5-8-21(12(3)18-4)19-10-11(2)22-20-15(17)9-14(16)13-6-7-13/h5,8-11,13H,3-4,6-7,16H2,1-2H3,(H2,17,20)/b8-5-,14-9?,19-10-. The van der Waals surface area contributed by atoms with Gasteiger partial charge in [0.15, 0.2) is 11.9 Å². The SMILES string of the molecule is C=NC(=C)N(/C=C\C)/N=C\C(C)ON=C(N)C=C(N)C1CC1. The first-order valence-corrected chi connectivity index (χ1v) is 7.06. The molecule has 1 aliphatic carbocycles. The van der Waals surface area contributed by atoms with E-state index in [1.54, 1.807) is 31.5 Å². The van der Waals surface area contributed by atoms with Gasteiger partial charge >= 0.3 is 0 Å². The molecule has 120 valence electrons. The van der Waals surface area contributed by atoms with Gasteiger partial charge in [0, 0.05) is 18.0 Å². The highest BCUT2D eigenvalue weighted by atomic mass is 16.6. The van der Waals surface area contributed by atoms with Crippen molar-refractivity contribution in [3.8, 4) is 0 Å². The minimum Gasteiger partial charge on any atom is -0.402 e. The maximum atomic E-state index is 5.84. The Balaban J connectivity index is 2.54. The molecular formula is C15H24N6O. The highest BCUT2D eigenvalue weighted by Gasteiger charge is 2.23. The molecule has 1 rings (SSSR count). The molecule has 0 aromatic heterocycles. The van der Waals surface area contributed by atoms with E-state index < -0.39 is 0 Å². The minimum absolute atomic E-state index is 0.243. The van der Waals surface area contributed by atoms with Crippen molar-refractivity contribution in [2.75, 3.05) is 0 Å². The van der Waals surface area contributed by atoms with E-state index in [1.807, 2.05) is 6.92 Å². The third-order valence-corrected chi connectivity index (χ3v) is 2.83. The number of hydrazone groups is 1. The van der Waals surface area contributed by atoms with Gasteiger partial charge in [0.2, 0.25) is 0 Å². The Bertz CT molecular complexity index is 516. The van der Waals surface area contributed by atoms with Crippen LogP contribution >= 0.6 is 0 Å². The van der Waals surface area contributed by atoms with Gasteiger partial charge in [-0.1, -0.05) is 17.8 Å². The summed E-state index contributed by atoms with van der Waals surface area (Å²) in [5, 5.41) is 9.47. The average molecular weight is 304 g/mol. The summed E-state index contributed by atoms with van der Waals surface area (Å²) in [6.07, 6.45) is 8.55. The first-order valence-electron chi connectivity index (χ1n) is 7.06. The van der Waals surface area contributed by atoms with Crippen LogP contribution in [0.4, 0.5) is 0 Å². The van der Waals surface area contributed by atoms with E-state index in [1.165, 1.54) is 5.01 Å². The molecule has 1 saturated carbocycles. The second kappa shape index (κ2) is 8.66. The lowest BCUT2D eigenvalue weighted by atomic mass is 10.3. The highest BCUT2D eigenvalue weighted by Crippen LogP contribution is 2.33. The summed E-state index contributed by atoms with van der Waals surface area (Å²) in [6.45, 7) is 10.8. The monoisotopic (exact) mass is 304 g/mol. The number of amidine groups is 1. The number of hydrogen-bond acceptors (Lipinski definition) is 6. The molecule has 0 heterocycles. The number of rotatable bonds is 9. The van der Waals surface area contributed by atoms with Gasteiger partial charge in [-0.25, -0.2) is 10.0 Å². The number of oxime groups is 1. The second-order valence-electron chi connectivity index (χ2n) is 4.91. The lowest BCUT2D eigenvalue weighted by molar-refractivity contribution is 0.121. The maximum Gasteiger partial charge on any atom is 0.164 e. The number of allylic oxidation sites excluding steroid dienone is 2. The summed E-state index contributed by atoms with van der Waals surface area (Å²) in [6, 6.07) is 0. The zero-order valence-corrected chi connectivity index (χ0v) is 13.1. The smallest absolute Gasteiger partial charge is 0.164 e. The molecule has 0 aromatic rings. The molecule has 22 heavy (non-hydrogen) atoms. The van der Waals surface area contributed by atoms with Crippen molar-refractivity contribution < 1.29 is 4.84 Å². The highest BCUT2D eigenvalue weighted by molar-refractivity contribution is 5.91. The van der Waals surface area contributed by atoms with Crippen LogP contribution in [0.25, 0.3) is 0 Å². The van der Waals surface area contributed by atoms with Gasteiger partial charge in [-0.2, -0.15) is 5.10 Å². The van der Waals surface area contributed by atoms with Crippen molar-refractivity contribution in [3.05, 3.63) is 36.4 Å². The van der Waals surface area contributed by atoms with Crippen LogP contribution in [0, 0.1) is 5.92 Å². The molecule has 0 amide bonds. The van der Waals surface area contributed by atoms with Crippen molar-refractivity contribution in [1.82, 2.24) is 5.01 Å². The van der Waals surface area contributed by atoms with Gasteiger partial charge < -0.3 is 16.3 Å². The van der Waals surface area contributed by atoms with Crippen LogP contribution in [0.5, 0.6) is 0 Å². The molecule has 1 unspecified atom stereocenters. The molecule has 1 aliphatic rings. The quantitative estimate of drug-likeness (QED) is 0.386. The first-order chi connectivity index (χ1) is 10.5. The Morgan fingerprint density at radius 2 is 2.09 bits per heavy atom. The van der Waals surface area contributed by atoms with Gasteiger partial charge in [-0.15, -0.1) is 0 Å². The summed E-state index contributed by atoms with van der Waals surface area (Å²) in [4.78, 5) is 8.95. The van der Waals surface area contributed by atoms with E-state index in [0.717, 1.165) is 18.5 Å². The minimum atomic E-state index is -0.375. The first kappa shape index (κ1) is 17.5. The molecule has 7 heteroatoms. The Kier molecular flexibility index (Phi) is 6.88. The summed E-state index contributed by atoms with van der Waals surface area (Å²) in [5.41, 5.74) is 12.3. The predicted molar refractivity (Wildman–Crippen MR) is 91.0 cm³/mol. The van der Waals surface area contributed by atoms with Crippen LogP contribution < -0.4 is 11.5 Å². The molecule has 0 spiro atoms. The summed E-state index contributed by atoms with van der Waals surface area (Å²) < 4.78 is 0. The van der Waals surface area contributed by atoms with E-state index in [9.17, 15) is 0 Å². The van der Waals surface area contributed by atoms with Gasteiger partial charge in [-0.05, 0) is 39.3 Å². The average Bonchev–Trinajstić information content (AvgIpc) is 3.33. The molecule has 1 fully saturated rings. The molecule has 4 N–H and O–H groups in total. The lowest BCUT2D eigenvalue weighted by Gasteiger charge is -2.13. The molecule has 0 radical (unpaired) electrons. The fourth-order valence-electron chi connectivity index (χ4n) is 1.47. The number of aliphatic imine (C=N–C) groups is 1. The Morgan fingerprint density at radius 3 is 2.64 bits per heavy atom. The number of hydrogen-bond donors (Lipinski definition) is 2. The molecule has 1 atom stereocenters. The Hall–Kier alpha value is -2.57. The van der Waals surface area contributed by atoms with Crippen LogP contribution in [-0.4, -0.2) is 29.9 Å². The Morgan fingerprint density at radius 1 is 1.41 bits per heavy atom. The number of nitrogens with two attached hydrogens (primary N) is 2. The molecule has 0 aromatic carbocycles. The second-order valence-corrected chi connectivity index (χ2v) is 4.91. The molecule has 7 nitrogen and oxygen atoms in total.